The lowest BCUT2D eigenvalue weighted by atomic mass is 9.77. The van der Waals surface area contributed by atoms with Crippen molar-refractivity contribution in [2.75, 3.05) is 12.0 Å². The summed E-state index contributed by atoms with van der Waals surface area (Å²) in [5, 5.41) is 9.36. The molecule has 1 atom stereocenters. The molecule has 1 N–H and O–H groups in total. The quantitative estimate of drug-likeness (QED) is 0.440. The van der Waals surface area contributed by atoms with E-state index in [0.29, 0.717) is 5.92 Å². The van der Waals surface area contributed by atoms with Gasteiger partial charge in [-0.1, -0.05) is 36.8 Å². The molecule has 0 amide bonds. The standard InChI is InChI=1S/C30H31NO3/c1-19-8-5-12-24(21-10-7-11-21)25(19)18-26-28-20(2)9-6-13-27(28)31(30(26,3)34-4)23-16-14-22(15-17-23)29(32)33/h5-6,8-9,12-18,21H,7,10-11H2,1-4H3,(H,32,33)/b26-18-. The van der Waals surface area contributed by atoms with Crippen LogP contribution in [0, 0.1) is 13.8 Å². The van der Waals surface area contributed by atoms with Crippen LogP contribution in [0.15, 0.2) is 60.7 Å². The van der Waals surface area contributed by atoms with Crippen LogP contribution >= 0.6 is 0 Å². The van der Waals surface area contributed by atoms with Crippen molar-refractivity contribution in [3.63, 3.8) is 0 Å². The minimum absolute atomic E-state index is 0.271. The largest absolute Gasteiger partial charge is 0.478 e. The summed E-state index contributed by atoms with van der Waals surface area (Å²) in [5.41, 5.74) is 8.97. The minimum atomic E-state index is -0.928. The molecule has 0 radical (unpaired) electrons. The zero-order valence-corrected chi connectivity index (χ0v) is 20.3. The highest BCUT2D eigenvalue weighted by Gasteiger charge is 2.46. The van der Waals surface area contributed by atoms with E-state index in [1.165, 1.54) is 47.1 Å². The zero-order chi connectivity index (χ0) is 24.0. The number of hydrogen-bond donors (Lipinski definition) is 1. The second kappa shape index (κ2) is 8.44. The number of methoxy groups -OCH3 is 1. The van der Waals surface area contributed by atoms with E-state index in [2.05, 4.69) is 68.1 Å². The van der Waals surface area contributed by atoms with Gasteiger partial charge in [0.05, 0.1) is 11.3 Å². The van der Waals surface area contributed by atoms with Crippen LogP contribution in [0.3, 0.4) is 0 Å². The van der Waals surface area contributed by atoms with Gasteiger partial charge in [0.15, 0.2) is 5.72 Å². The number of hydrogen-bond acceptors (Lipinski definition) is 3. The fourth-order valence-electron chi connectivity index (χ4n) is 5.44. The molecule has 1 aliphatic carbocycles. The molecule has 1 aliphatic heterocycles. The van der Waals surface area contributed by atoms with Gasteiger partial charge in [0.25, 0.3) is 0 Å². The van der Waals surface area contributed by atoms with Gasteiger partial charge in [-0.3, -0.25) is 0 Å². The molecule has 2 aliphatic rings. The van der Waals surface area contributed by atoms with Crippen molar-refractivity contribution in [1.29, 1.82) is 0 Å². The maximum Gasteiger partial charge on any atom is 0.335 e. The average molecular weight is 454 g/mol. The predicted molar refractivity (Wildman–Crippen MR) is 138 cm³/mol. The Bertz CT molecular complexity index is 1290. The first kappa shape index (κ1) is 22.4. The van der Waals surface area contributed by atoms with Gasteiger partial charge >= 0.3 is 5.97 Å². The van der Waals surface area contributed by atoms with Gasteiger partial charge < -0.3 is 14.7 Å². The second-order valence-electron chi connectivity index (χ2n) is 9.61. The van der Waals surface area contributed by atoms with E-state index in [1.54, 1.807) is 19.2 Å². The Hall–Kier alpha value is -3.37. The molecule has 1 fully saturated rings. The van der Waals surface area contributed by atoms with Crippen LogP contribution in [0.25, 0.3) is 11.6 Å². The number of aromatic carboxylic acids is 1. The maximum atomic E-state index is 11.4. The van der Waals surface area contributed by atoms with Gasteiger partial charge in [0, 0.05) is 23.9 Å². The van der Waals surface area contributed by atoms with Crippen molar-refractivity contribution >= 4 is 29.0 Å². The molecule has 0 aromatic heterocycles. The summed E-state index contributed by atoms with van der Waals surface area (Å²) in [5.74, 6) is -0.305. The Kier molecular flexibility index (Phi) is 5.57. The lowest BCUT2D eigenvalue weighted by Crippen LogP contribution is -2.42. The first-order valence-corrected chi connectivity index (χ1v) is 12.0. The Morgan fingerprint density at radius 1 is 1.03 bits per heavy atom. The van der Waals surface area contributed by atoms with Gasteiger partial charge in [-0.25, -0.2) is 4.79 Å². The number of carbonyl (C=O) groups is 1. The first-order valence-electron chi connectivity index (χ1n) is 12.0. The Balaban J connectivity index is 1.73. The summed E-state index contributed by atoms with van der Waals surface area (Å²) < 4.78 is 6.29. The van der Waals surface area contributed by atoms with Crippen molar-refractivity contribution in [1.82, 2.24) is 0 Å². The molecule has 0 bridgehead atoms. The third-order valence-corrected chi connectivity index (χ3v) is 7.65. The van der Waals surface area contributed by atoms with Gasteiger partial charge in [-0.05, 0) is 98.2 Å². The molecule has 0 saturated heterocycles. The molecular formula is C30H31NO3. The number of carboxylic acid groups (broad SMARTS) is 1. The molecule has 5 rings (SSSR count). The average Bonchev–Trinajstić information content (AvgIpc) is 3.04. The molecule has 3 aromatic rings. The Morgan fingerprint density at radius 2 is 1.71 bits per heavy atom. The van der Waals surface area contributed by atoms with Crippen molar-refractivity contribution < 1.29 is 14.6 Å². The normalized spacial score (nSPS) is 20.9. The van der Waals surface area contributed by atoms with E-state index >= 15 is 0 Å². The highest BCUT2D eigenvalue weighted by atomic mass is 16.5. The summed E-state index contributed by atoms with van der Waals surface area (Å²) in [4.78, 5) is 13.6. The van der Waals surface area contributed by atoms with Crippen LogP contribution < -0.4 is 4.90 Å². The number of benzene rings is 3. The highest BCUT2D eigenvalue weighted by Crippen LogP contribution is 2.53. The van der Waals surface area contributed by atoms with Crippen LogP contribution in [0.4, 0.5) is 11.4 Å². The molecule has 1 unspecified atom stereocenters. The third kappa shape index (κ3) is 3.45. The lowest BCUT2D eigenvalue weighted by molar-refractivity contribution is 0.0681. The maximum absolute atomic E-state index is 11.4. The van der Waals surface area contributed by atoms with E-state index in [-0.39, 0.29) is 5.56 Å². The van der Waals surface area contributed by atoms with Crippen LogP contribution in [0.1, 0.15) is 70.3 Å². The molecule has 0 spiro atoms. The first-order chi connectivity index (χ1) is 16.3. The molecule has 3 aromatic carbocycles. The summed E-state index contributed by atoms with van der Waals surface area (Å²) in [6.45, 7) is 6.43. The fraction of sp³-hybridized carbons (Fsp3) is 0.300. The number of aryl methyl sites for hydroxylation is 2. The highest BCUT2D eigenvalue weighted by molar-refractivity contribution is 6.02. The number of rotatable bonds is 5. The third-order valence-electron chi connectivity index (χ3n) is 7.65. The Labute approximate surface area is 201 Å². The summed E-state index contributed by atoms with van der Waals surface area (Å²) in [7, 11) is 1.75. The molecule has 4 nitrogen and oxygen atoms in total. The topological polar surface area (TPSA) is 49.8 Å². The number of anilines is 2. The van der Waals surface area contributed by atoms with Crippen molar-refractivity contribution in [2.24, 2.45) is 0 Å². The van der Waals surface area contributed by atoms with Crippen molar-refractivity contribution in [3.8, 4) is 0 Å². The van der Waals surface area contributed by atoms with Crippen LogP contribution in [0.5, 0.6) is 0 Å². The number of nitrogens with zero attached hydrogens (tertiary/aromatic N) is 1. The zero-order valence-electron chi connectivity index (χ0n) is 20.3. The number of fused-ring (bicyclic) bond motifs is 1. The van der Waals surface area contributed by atoms with Gasteiger partial charge in [0.1, 0.15) is 0 Å². The van der Waals surface area contributed by atoms with E-state index in [0.717, 1.165) is 16.9 Å². The number of carboxylic acids is 1. The molecule has 1 heterocycles. The van der Waals surface area contributed by atoms with E-state index in [1.807, 2.05) is 12.1 Å². The fourth-order valence-corrected chi connectivity index (χ4v) is 5.44. The molecule has 1 saturated carbocycles. The van der Waals surface area contributed by atoms with E-state index < -0.39 is 11.7 Å². The SMILES string of the molecule is COC1(C)/C(=C\c2c(C)cccc2C2CCC2)c2c(C)cccc2N1c1ccc(C(=O)O)cc1. The summed E-state index contributed by atoms with van der Waals surface area (Å²) in [6.07, 6.45) is 6.13. The van der Waals surface area contributed by atoms with Gasteiger partial charge in [0.2, 0.25) is 0 Å². The Morgan fingerprint density at radius 3 is 2.32 bits per heavy atom. The monoisotopic (exact) mass is 453 g/mol. The van der Waals surface area contributed by atoms with Crippen LogP contribution in [0.2, 0.25) is 0 Å². The van der Waals surface area contributed by atoms with Crippen LogP contribution in [-0.2, 0) is 4.74 Å². The van der Waals surface area contributed by atoms with E-state index in [9.17, 15) is 9.90 Å². The van der Waals surface area contributed by atoms with Crippen molar-refractivity contribution in [2.45, 2.75) is 51.7 Å². The van der Waals surface area contributed by atoms with Crippen molar-refractivity contribution in [3.05, 3.63) is 94.0 Å². The predicted octanol–water partition coefficient (Wildman–Crippen LogP) is 7.32. The second-order valence-corrected chi connectivity index (χ2v) is 9.61. The minimum Gasteiger partial charge on any atom is -0.478 e. The van der Waals surface area contributed by atoms with E-state index in [4.69, 9.17) is 4.74 Å². The molecular weight excluding hydrogens is 422 g/mol. The molecule has 34 heavy (non-hydrogen) atoms. The summed E-state index contributed by atoms with van der Waals surface area (Å²) >= 11 is 0. The molecule has 174 valence electrons. The summed E-state index contributed by atoms with van der Waals surface area (Å²) in [6, 6.07) is 20.0. The lowest BCUT2D eigenvalue weighted by Gasteiger charge is -2.37. The van der Waals surface area contributed by atoms with Gasteiger partial charge in [-0.2, -0.15) is 0 Å². The molecule has 4 heteroatoms. The van der Waals surface area contributed by atoms with Gasteiger partial charge in [-0.15, -0.1) is 0 Å². The number of ether oxygens (including phenoxy) is 1. The van der Waals surface area contributed by atoms with Crippen LogP contribution in [-0.4, -0.2) is 23.9 Å². The smallest absolute Gasteiger partial charge is 0.335 e.